The maximum absolute atomic E-state index is 13.4. The fourth-order valence-electron chi connectivity index (χ4n) is 3.04. The molecule has 3 rings (SSSR count). The second kappa shape index (κ2) is 11.9. The van der Waals surface area contributed by atoms with Crippen molar-refractivity contribution >= 4 is 33.7 Å². The van der Waals surface area contributed by atoms with Gasteiger partial charge in [-0.15, -0.1) is 0 Å². The second-order valence-corrected chi connectivity index (χ2v) is 7.88. The number of nitro groups is 1. The van der Waals surface area contributed by atoms with Gasteiger partial charge >= 0.3 is 0 Å². The first-order chi connectivity index (χ1) is 16.4. The Bertz CT molecular complexity index is 1220. The molecular weight excluding hydrogens is 509 g/mol. The topological polar surface area (TPSA) is 103 Å². The van der Waals surface area contributed by atoms with Crippen LogP contribution in [0.15, 0.2) is 70.2 Å². The van der Waals surface area contributed by atoms with Crippen molar-refractivity contribution in [1.82, 2.24) is 5.43 Å². The van der Waals surface area contributed by atoms with Crippen molar-refractivity contribution in [2.45, 2.75) is 20.0 Å². The predicted octanol–water partition coefficient (Wildman–Crippen LogP) is 5.17. The lowest BCUT2D eigenvalue weighted by Gasteiger charge is -2.14. The van der Waals surface area contributed by atoms with Crippen molar-refractivity contribution in [3.63, 3.8) is 0 Å². The number of para-hydroxylation sites is 1. The van der Waals surface area contributed by atoms with E-state index >= 15 is 0 Å². The average Bonchev–Trinajstić information content (AvgIpc) is 2.80. The number of nitrogens with zero attached hydrogens (tertiary/aromatic N) is 2. The molecule has 1 amide bonds. The number of rotatable bonds is 10. The maximum Gasteiger partial charge on any atom is 0.273 e. The van der Waals surface area contributed by atoms with E-state index in [0.717, 1.165) is 0 Å². The fourth-order valence-corrected chi connectivity index (χ4v) is 3.47. The summed E-state index contributed by atoms with van der Waals surface area (Å²) in [6.07, 6.45) is 1.23. The smallest absolute Gasteiger partial charge is 0.273 e. The Kier molecular flexibility index (Phi) is 8.69. The van der Waals surface area contributed by atoms with Gasteiger partial charge in [-0.1, -0.05) is 30.3 Å². The van der Waals surface area contributed by atoms with E-state index in [1.807, 2.05) is 6.92 Å². The molecule has 0 aliphatic carbocycles. The van der Waals surface area contributed by atoms with Gasteiger partial charge in [0.2, 0.25) is 5.91 Å². The van der Waals surface area contributed by atoms with Gasteiger partial charge in [0.25, 0.3) is 5.69 Å². The zero-order chi connectivity index (χ0) is 24.5. The molecule has 0 saturated carbocycles. The monoisotopic (exact) mass is 529 g/mol. The first-order valence-electron chi connectivity index (χ1n) is 10.2. The van der Waals surface area contributed by atoms with E-state index in [2.05, 4.69) is 26.5 Å². The Labute approximate surface area is 203 Å². The van der Waals surface area contributed by atoms with Gasteiger partial charge < -0.3 is 9.47 Å². The molecule has 0 fully saturated rings. The number of nitro benzene ring substituents is 1. The summed E-state index contributed by atoms with van der Waals surface area (Å²) in [5, 5.41) is 15.0. The second-order valence-electron chi connectivity index (χ2n) is 7.03. The van der Waals surface area contributed by atoms with Crippen LogP contribution in [0.25, 0.3) is 0 Å². The molecule has 0 heterocycles. The summed E-state index contributed by atoms with van der Waals surface area (Å²) in [6.45, 7) is 2.37. The van der Waals surface area contributed by atoms with Crippen molar-refractivity contribution in [3.05, 3.63) is 97.8 Å². The Morgan fingerprint density at radius 3 is 2.65 bits per heavy atom. The van der Waals surface area contributed by atoms with E-state index in [1.54, 1.807) is 30.3 Å². The van der Waals surface area contributed by atoms with Crippen LogP contribution < -0.4 is 14.9 Å². The van der Waals surface area contributed by atoms with Crippen LogP contribution >= 0.6 is 15.9 Å². The summed E-state index contributed by atoms with van der Waals surface area (Å²) in [6, 6.07) is 15.5. The third-order valence-electron chi connectivity index (χ3n) is 4.58. The molecule has 0 unspecified atom stereocenters. The third kappa shape index (κ3) is 6.85. The molecule has 1 N–H and O–H groups in total. The first kappa shape index (κ1) is 24.8. The van der Waals surface area contributed by atoms with E-state index < -0.39 is 10.8 Å². The van der Waals surface area contributed by atoms with Gasteiger partial charge in [0.1, 0.15) is 12.4 Å². The van der Waals surface area contributed by atoms with Crippen molar-refractivity contribution in [2.24, 2.45) is 5.10 Å². The minimum atomic E-state index is -0.532. The van der Waals surface area contributed by atoms with E-state index in [4.69, 9.17) is 9.47 Å². The third-order valence-corrected chi connectivity index (χ3v) is 5.27. The summed E-state index contributed by atoms with van der Waals surface area (Å²) in [7, 11) is 0. The lowest BCUT2D eigenvalue weighted by Crippen LogP contribution is -2.20. The summed E-state index contributed by atoms with van der Waals surface area (Å²) >= 11 is 3.44. The molecule has 0 bridgehead atoms. The van der Waals surface area contributed by atoms with Gasteiger partial charge in [0.15, 0.2) is 11.5 Å². The number of nitrogens with one attached hydrogen (secondary N) is 1. The van der Waals surface area contributed by atoms with E-state index in [-0.39, 0.29) is 24.5 Å². The van der Waals surface area contributed by atoms with Gasteiger partial charge in [-0.3, -0.25) is 14.9 Å². The molecule has 8 nitrogen and oxygen atoms in total. The number of carbonyl (C=O) groups excluding carboxylic acids is 1. The molecular formula is C24H21BrFN3O5. The number of hydrogen-bond donors (Lipinski definition) is 1. The summed E-state index contributed by atoms with van der Waals surface area (Å²) < 4.78 is 25.5. The minimum Gasteiger partial charge on any atom is -0.490 e. The molecule has 0 aliphatic rings. The van der Waals surface area contributed by atoms with Crippen LogP contribution in [-0.2, 0) is 17.8 Å². The molecule has 0 aromatic heterocycles. The van der Waals surface area contributed by atoms with Crippen molar-refractivity contribution in [3.8, 4) is 11.5 Å². The van der Waals surface area contributed by atoms with Gasteiger partial charge in [0.05, 0.1) is 24.2 Å². The fraction of sp³-hybridized carbons (Fsp3) is 0.167. The van der Waals surface area contributed by atoms with Crippen LogP contribution in [0.5, 0.6) is 11.5 Å². The normalized spacial score (nSPS) is 10.8. The van der Waals surface area contributed by atoms with Crippen LogP contribution in [0, 0.1) is 15.9 Å². The zero-order valence-corrected chi connectivity index (χ0v) is 19.7. The highest BCUT2D eigenvalue weighted by Crippen LogP contribution is 2.34. The molecule has 176 valence electrons. The summed E-state index contributed by atoms with van der Waals surface area (Å²) in [5.41, 5.74) is 3.81. The number of halogens is 2. The molecule has 0 saturated heterocycles. The van der Waals surface area contributed by atoms with E-state index in [9.17, 15) is 19.3 Å². The Morgan fingerprint density at radius 1 is 1.15 bits per heavy atom. The van der Waals surface area contributed by atoms with Gasteiger partial charge in [-0.05, 0) is 52.7 Å². The first-order valence-corrected chi connectivity index (χ1v) is 11.0. The number of ether oxygens (including phenoxy) is 2. The van der Waals surface area contributed by atoms with Crippen LogP contribution in [0.1, 0.15) is 23.6 Å². The summed E-state index contributed by atoms with van der Waals surface area (Å²) in [4.78, 5) is 22.8. The van der Waals surface area contributed by atoms with Crippen molar-refractivity contribution in [2.75, 3.05) is 6.61 Å². The SMILES string of the molecule is CCOc1cc(/C=N/NC(=O)Cc2ccccc2[N+](=O)[O-])c(Br)cc1OCc1cccc(F)c1. The van der Waals surface area contributed by atoms with Crippen molar-refractivity contribution < 1.29 is 23.6 Å². The van der Waals surface area contributed by atoms with Crippen LogP contribution in [0.2, 0.25) is 0 Å². The largest absolute Gasteiger partial charge is 0.490 e. The number of hydrazone groups is 1. The van der Waals surface area contributed by atoms with E-state index in [0.29, 0.717) is 39.3 Å². The Balaban J connectivity index is 1.68. The molecule has 34 heavy (non-hydrogen) atoms. The predicted molar refractivity (Wildman–Crippen MR) is 129 cm³/mol. The highest BCUT2D eigenvalue weighted by atomic mass is 79.9. The van der Waals surface area contributed by atoms with E-state index in [1.165, 1.54) is 36.5 Å². The standard InChI is InChI=1S/C24H21BrFN3O5/c1-2-33-22-11-18(20(25)13-23(22)34-15-16-6-5-8-19(26)10-16)14-27-28-24(30)12-17-7-3-4-9-21(17)29(31)32/h3-11,13-14H,2,12,15H2,1H3,(H,28,30)/b27-14+. The Morgan fingerprint density at radius 2 is 1.91 bits per heavy atom. The molecule has 3 aromatic carbocycles. The molecule has 0 atom stereocenters. The molecule has 0 spiro atoms. The van der Waals surface area contributed by atoms with Gasteiger partial charge in [0, 0.05) is 21.7 Å². The lowest BCUT2D eigenvalue weighted by molar-refractivity contribution is -0.385. The quantitative estimate of drug-likeness (QED) is 0.222. The number of hydrogen-bond acceptors (Lipinski definition) is 6. The van der Waals surface area contributed by atoms with Gasteiger partial charge in [-0.25, -0.2) is 9.82 Å². The number of carbonyl (C=O) groups is 1. The Hall–Kier alpha value is -3.79. The minimum absolute atomic E-state index is 0.125. The highest BCUT2D eigenvalue weighted by molar-refractivity contribution is 9.10. The average molecular weight is 530 g/mol. The maximum atomic E-state index is 13.4. The lowest BCUT2D eigenvalue weighted by atomic mass is 10.1. The molecule has 0 aliphatic heterocycles. The van der Waals surface area contributed by atoms with Crippen molar-refractivity contribution in [1.29, 1.82) is 0 Å². The van der Waals surface area contributed by atoms with Crippen LogP contribution in [-0.4, -0.2) is 23.7 Å². The number of amides is 1. The van der Waals surface area contributed by atoms with Crippen LogP contribution in [0.3, 0.4) is 0 Å². The van der Waals surface area contributed by atoms with Crippen LogP contribution in [0.4, 0.5) is 10.1 Å². The molecule has 0 radical (unpaired) electrons. The highest BCUT2D eigenvalue weighted by Gasteiger charge is 2.15. The molecule has 10 heteroatoms. The van der Waals surface area contributed by atoms with Gasteiger partial charge in [-0.2, -0.15) is 5.10 Å². The number of benzene rings is 3. The summed E-state index contributed by atoms with van der Waals surface area (Å²) in [5.74, 6) is 0.0647. The molecule has 3 aromatic rings. The zero-order valence-electron chi connectivity index (χ0n) is 18.2.